The summed E-state index contributed by atoms with van der Waals surface area (Å²) in [5.74, 6) is 0. The average molecular weight is 309 g/mol. The molecule has 0 fully saturated rings. The zero-order chi connectivity index (χ0) is 15.5. The van der Waals surface area contributed by atoms with Gasteiger partial charge in [-0.25, -0.2) is 0 Å². The van der Waals surface area contributed by atoms with Crippen molar-refractivity contribution < 1.29 is 13.2 Å². The molecule has 21 heavy (non-hydrogen) atoms. The minimum absolute atomic E-state index is 0.0317. The number of nitrogens with zero attached hydrogens (tertiary/aromatic N) is 2. The van der Waals surface area contributed by atoms with Crippen LogP contribution in [0.1, 0.15) is 16.7 Å². The van der Waals surface area contributed by atoms with Crippen molar-refractivity contribution in [2.24, 2.45) is 0 Å². The van der Waals surface area contributed by atoms with E-state index >= 15 is 0 Å². The number of rotatable bonds is 2. The van der Waals surface area contributed by atoms with Crippen molar-refractivity contribution in [1.82, 2.24) is 4.98 Å². The van der Waals surface area contributed by atoms with Gasteiger partial charge in [-0.3, -0.25) is 4.98 Å². The van der Waals surface area contributed by atoms with Crippen molar-refractivity contribution in [3.8, 4) is 6.07 Å². The summed E-state index contributed by atoms with van der Waals surface area (Å²) >= 11 is 6.05. The Balaban J connectivity index is 2.66. The lowest BCUT2D eigenvalue weighted by molar-refractivity contribution is -0.137. The second-order valence-corrected chi connectivity index (χ2v) is 4.46. The van der Waals surface area contributed by atoms with Gasteiger partial charge in [0.15, 0.2) is 0 Å². The smallest absolute Gasteiger partial charge is 0.265 e. The molecule has 106 valence electrons. The molecule has 0 aliphatic rings. The quantitative estimate of drug-likeness (QED) is 0.752. The van der Waals surface area contributed by atoms with Gasteiger partial charge in [0.1, 0.15) is 6.07 Å². The number of allylic oxidation sites excluding steroid dienone is 1. The Labute approximate surface area is 124 Å². The van der Waals surface area contributed by atoms with Crippen LogP contribution in [0, 0.1) is 11.3 Å². The molecule has 2 aromatic rings. The first-order valence-corrected chi connectivity index (χ1v) is 6.20. The summed E-state index contributed by atoms with van der Waals surface area (Å²) in [5.41, 5.74) is -0.720. The van der Waals surface area contributed by atoms with E-state index in [0.717, 1.165) is 6.07 Å². The first kappa shape index (κ1) is 15.1. The Bertz CT molecular complexity index is 716. The highest BCUT2D eigenvalue weighted by Gasteiger charge is 2.34. The van der Waals surface area contributed by atoms with Crippen LogP contribution >= 0.6 is 11.6 Å². The second kappa shape index (κ2) is 5.98. The summed E-state index contributed by atoms with van der Waals surface area (Å²) in [5, 5.41) is 8.97. The lowest BCUT2D eigenvalue weighted by Crippen LogP contribution is -2.08. The van der Waals surface area contributed by atoms with E-state index in [0.29, 0.717) is 5.56 Å². The number of halogens is 4. The van der Waals surface area contributed by atoms with Crippen LogP contribution < -0.4 is 0 Å². The predicted molar refractivity (Wildman–Crippen MR) is 74.0 cm³/mol. The van der Waals surface area contributed by atoms with Crippen molar-refractivity contribution in [1.29, 1.82) is 5.26 Å². The zero-order valence-corrected chi connectivity index (χ0v) is 11.3. The van der Waals surface area contributed by atoms with Crippen LogP contribution in [-0.2, 0) is 6.18 Å². The Morgan fingerprint density at radius 2 is 1.71 bits per heavy atom. The van der Waals surface area contributed by atoms with Crippen molar-refractivity contribution in [2.75, 3.05) is 0 Å². The van der Waals surface area contributed by atoms with E-state index in [-0.39, 0.29) is 16.2 Å². The van der Waals surface area contributed by atoms with Crippen molar-refractivity contribution in [3.63, 3.8) is 0 Å². The zero-order valence-electron chi connectivity index (χ0n) is 10.5. The Hall–Kier alpha value is -2.32. The molecule has 0 aliphatic heterocycles. The lowest BCUT2D eigenvalue weighted by atomic mass is 10.0. The van der Waals surface area contributed by atoms with Gasteiger partial charge in [-0.15, -0.1) is 0 Å². The molecule has 1 aromatic heterocycles. The summed E-state index contributed by atoms with van der Waals surface area (Å²) in [6.07, 6.45) is -1.67. The van der Waals surface area contributed by atoms with Gasteiger partial charge in [-0.05, 0) is 23.8 Å². The highest BCUT2D eigenvalue weighted by molar-refractivity contribution is 6.53. The fraction of sp³-hybridized carbons (Fsp3) is 0.0667. The molecule has 1 aromatic carbocycles. The molecule has 2 nitrogen and oxygen atoms in total. The lowest BCUT2D eigenvalue weighted by Gasteiger charge is -2.13. The molecule has 0 aliphatic carbocycles. The minimum Gasteiger partial charge on any atom is -0.265 e. The van der Waals surface area contributed by atoms with E-state index in [2.05, 4.69) is 4.98 Å². The van der Waals surface area contributed by atoms with E-state index in [1.165, 1.54) is 42.7 Å². The maximum atomic E-state index is 13.0. The van der Waals surface area contributed by atoms with Gasteiger partial charge < -0.3 is 0 Å². The summed E-state index contributed by atoms with van der Waals surface area (Å²) in [6, 6.07) is 9.75. The molecule has 0 saturated carbocycles. The van der Waals surface area contributed by atoms with Gasteiger partial charge in [-0.1, -0.05) is 29.8 Å². The molecule has 1 heterocycles. The topological polar surface area (TPSA) is 36.7 Å². The van der Waals surface area contributed by atoms with Gasteiger partial charge in [-0.2, -0.15) is 18.4 Å². The SMILES string of the molecule is N#C/C(=C(\Cl)c1ccccc1C(F)(F)F)c1ccncc1. The third-order valence-electron chi connectivity index (χ3n) is 2.77. The van der Waals surface area contributed by atoms with Crippen molar-refractivity contribution in [3.05, 3.63) is 65.5 Å². The average Bonchev–Trinajstić information content (AvgIpc) is 2.48. The summed E-state index contributed by atoms with van der Waals surface area (Å²) < 4.78 is 39.0. The molecule has 0 spiro atoms. The predicted octanol–water partition coefficient (Wildman–Crippen LogP) is 4.73. The maximum Gasteiger partial charge on any atom is 0.417 e. The van der Waals surface area contributed by atoms with Gasteiger partial charge in [0.25, 0.3) is 0 Å². The number of hydrogen-bond acceptors (Lipinski definition) is 2. The summed E-state index contributed by atoms with van der Waals surface area (Å²) in [7, 11) is 0. The molecule has 0 bridgehead atoms. The van der Waals surface area contributed by atoms with Crippen LogP contribution in [0.15, 0.2) is 48.8 Å². The normalized spacial score (nSPS) is 12.5. The fourth-order valence-corrected chi connectivity index (χ4v) is 2.13. The van der Waals surface area contributed by atoms with E-state index in [1.54, 1.807) is 0 Å². The largest absolute Gasteiger partial charge is 0.417 e. The van der Waals surface area contributed by atoms with Crippen LogP contribution in [0.3, 0.4) is 0 Å². The molecular weight excluding hydrogens is 301 g/mol. The molecule has 0 radical (unpaired) electrons. The molecule has 6 heteroatoms. The van der Waals surface area contributed by atoms with E-state index in [9.17, 15) is 18.4 Å². The van der Waals surface area contributed by atoms with Crippen molar-refractivity contribution in [2.45, 2.75) is 6.18 Å². The Kier molecular flexibility index (Phi) is 4.29. The summed E-state index contributed by atoms with van der Waals surface area (Å²) in [4.78, 5) is 3.80. The molecular formula is C15H8ClF3N2. The number of alkyl halides is 3. The monoisotopic (exact) mass is 308 g/mol. The number of hydrogen-bond donors (Lipinski definition) is 0. The molecule has 0 atom stereocenters. The first-order valence-electron chi connectivity index (χ1n) is 5.82. The molecule has 0 saturated heterocycles. The number of benzene rings is 1. The molecule has 0 N–H and O–H groups in total. The molecule has 2 rings (SSSR count). The highest BCUT2D eigenvalue weighted by Crippen LogP contribution is 2.38. The van der Waals surface area contributed by atoms with E-state index < -0.39 is 11.7 Å². The van der Waals surface area contributed by atoms with E-state index in [1.807, 2.05) is 6.07 Å². The van der Waals surface area contributed by atoms with Crippen LogP contribution in [0.5, 0.6) is 0 Å². The third-order valence-corrected chi connectivity index (χ3v) is 3.16. The Morgan fingerprint density at radius 3 is 2.29 bits per heavy atom. The first-order chi connectivity index (χ1) is 9.95. The van der Waals surface area contributed by atoms with Gasteiger partial charge in [0.2, 0.25) is 0 Å². The van der Waals surface area contributed by atoms with Gasteiger partial charge in [0.05, 0.1) is 16.2 Å². The van der Waals surface area contributed by atoms with E-state index in [4.69, 9.17) is 11.6 Å². The van der Waals surface area contributed by atoms with Crippen LogP contribution in [-0.4, -0.2) is 4.98 Å². The van der Waals surface area contributed by atoms with Crippen LogP contribution in [0.4, 0.5) is 13.2 Å². The van der Waals surface area contributed by atoms with Crippen molar-refractivity contribution >= 4 is 22.2 Å². The fourth-order valence-electron chi connectivity index (χ4n) is 1.82. The van der Waals surface area contributed by atoms with Crippen LogP contribution in [0.2, 0.25) is 0 Å². The van der Waals surface area contributed by atoms with Crippen LogP contribution in [0.25, 0.3) is 10.6 Å². The molecule has 0 unspecified atom stereocenters. The maximum absolute atomic E-state index is 13.0. The number of pyridine rings is 1. The number of nitriles is 1. The minimum atomic E-state index is -4.55. The highest BCUT2D eigenvalue weighted by atomic mass is 35.5. The molecule has 0 amide bonds. The Morgan fingerprint density at radius 1 is 1.10 bits per heavy atom. The summed E-state index contributed by atoms with van der Waals surface area (Å²) in [6.45, 7) is 0. The second-order valence-electron chi connectivity index (χ2n) is 4.08. The van der Waals surface area contributed by atoms with Gasteiger partial charge in [0, 0.05) is 18.0 Å². The number of aromatic nitrogens is 1. The van der Waals surface area contributed by atoms with Gasteiger partial charge >= 0.3 is 6.18 Å². The standard InChI is InChI=1S/C15H8ClF3N2/c16-14(12(9-20)10-5-7-21-8-6-10)11-3-1-2-4-13(11)15(17,18)19/h1-8H/b14-12+. The third kappa shape index (κ3) is 3.23.